The molecule has 1 N–H and O–H groups in total. The minimum atomic E-state index is -0.404. The Morgan fingerprint density at radius 3 is 2.48 bits per heavy atom. The highest BCUT2D eigenvalue weighted by Gasteiger charge is 2.27. The average Bonchev–Trinajstić information content (AvgIpc) is 3.30. The van der Waals surface area contributed by atoms with E-state index in [0.717, 1.165) is 29.2 Å². The molecule has 31 heavy (non-hydrogen) atoms. The first kappa shape index (κ1) is 20.9. The van der Waals surface area contributed by atoms with Gasteiger partial charge in [0.05, 0.1) is 30.7 Å². The van der Waals surface area contributed by atoms with Crippen LogP contribution in [0.25, 0.3) is 28.0 Å². The van der Waals surface area contributed by atoms with Crippen molar-refractivity contribution in [3.8, 4) is 16.9 Å². The highest BCUT2D eigenvalue weighted by molar-refractivity contribution is 5.79. The van der Waals surface area contributed by atoms with E-state index in [1.54, 1.807) is 6.20 Å². The normalized spacial score (nSPS) is 11.9. The number of rotatable bonds is 6. The molecular formula is C23H26N6O2. The van der Waals surface area contributed by atoms with Crippen LogP contribution >= 0.6 is 0 Å². The molecule has 0 aliphatic rings. The summed E-state index contributed by atoms with van der Waals surface area (Å²) >= 11 is 0. The van der Waals surface area contributed by atoms with E-state index in [-0.39, 0.29) is 18.6 Å². The number of benzene rings is 1. The van der Waals surface area contributed by atoms with Gasteiger partial charge in [-0.3, -0.25) is 9.48 Å². The summed E-state index contributed by atoms with van der Waals surface area (Å²) in [4.78, 5) is 26.1. The van der Waals surface area contributed by atoms with E-state index < -0.39 is 5.56 Å². The van der Waals surface area contributed by atoms with Crippen LogP contribution in [-0.4, -0.2) is 41.0 Å². The molecule has 0 spiro atoms. The molecule has 1 aromatic carbocycles. The maximum absolute atomic E-state index is 12.8. The van der Waals surface area contributed by atoms with Crippen molar-refractivity contribution in [2.24, 2.45) is 0 Å². The lowest BCUT2D eigenvalue weighted by Crippen LogP contribution is -2.18. The predicted molar refractivity (Wildman–Crippen MR) is 119 cm³/mol. The van der Waals surface area contributed by atoms with Gasteiger partial charge in [0, 0.05) is 29.1 Å². The third-order valence-corrected chi connectivity index (χ3v) is 5.77. The van der Waals surface area contributed by atoms with Gasteiger partial charge < -0.3 is 9.67 Å². The number of aromatic nitrogens is 6. The van der Waals surface area contributed by atoms with Gasteiger partial charge in [0.15, 0.2) is 5.52 Å². The number of aliphatic hydroxyl groups excluding tert-OH is 1. The molecule has 0 bridgehead atoms. The van der Waals surface area contributed by atoms with Crippen LogP contribution in [0, 0.1) is 6.92 Å². The van der Waals surface area contributed by atoms with E-state index in [9.17, 15) is 9.90 Å². The summed E-state index contributed by atoms with van der Waals surface area (Å²) in [5, 5.41) is 14.1. The highest BCUT2D eigenvalue weighted by Crippen LogP contribution is 2.31. The summed E-state index contributed by atoms with van der Waals surface area (Å²) in [6.45, 7) is 8.27. The lowest BCUT2D eigenvalue weighted by atomic mass is 9.86. The number of nitrogens with zero attached hydrogens (tertiary/aromatic N) is 6. The molecule has 0 saturated carbocycles. The summed E-state index contributed by atoms with van der Waals surface area (Å²) in [6, 6.07) is 7.88. The quantitative estimate of drug-likeness (QED) is 0.517. The maximum atomic E-state index is 12.8. The summed E-state index contributed by atoms with van der Waals surface area (Å²) < 4.78 is 3.52. The van der Waals surface area contributed by atoms with Crippen LogP contribution in [0.3, 0.4) is 0 Å². The van der Waals surface area contributed by atoms with Crippen molar-refractivity contribution >= 4 is 11.0 Å². The van der Waals surface area contributed by atoms with Gasteiger partial charge >= 0.3 is 0 Å². The van der Waals surface area contributed by atoms with Gasteiger partial charge in [-0.1, -0.05) is 32.9 Å². The van der Waals surface area contributed by atoms with Gasteiger partial charge in [0.1, 0.15) is 11.3 Å². The fourth-order valence-electron chi connectivity index (χ4n) is 3.56. The van der Waals surface area contributed by atoms with Crippen LogP contribution in [0.1, 0.15) is 38.7 Å². The van der Waals surface area contributed by atoms with Gasteiger partial charge in [-0.25, -0.2) is 15.0 Å². The number of fused-ring (bicyclic) bond motifs is 1. The molecule has 0 aliphatic heterocycles. The molecule has 0 aliphatic carbocycles. The van der Waals surface area contributed by atoms with E-state index in [1.165, 1.54) is 10.9 Å². The van der Waals surface area contributed by atoms with Crippen molar-refractivity contribution < 1.29 is 5.11 Å². The summed E-state index contributed by atoms with van der Waals surface area (Å²) in [5.41, 5.74) is 3.34. The molecule has 0 saturated heterocycles. The Kier molecular flexibility index (Phi) is 5.41. The van der Waals surface area contributed by atoms with E-state index >= 15 is 0 Å². The van der Waals surface area contributed by atoms with Crippen LogP contribution in [0.15, 0.2) is 47.7 Å². The molecular weight excluding hydrogens is 392 g/mol. The zero-order valence-corrected chi connectivity index (χ0v) is 18.2. The second kappa shape index (κ2) is 8.03. The molecule has 8 nitrogen and oxygen atoms in total. The first-order chi connectivity index (χ1) is 14.9. The van der Waals surface area contributed by atoms with Gasteiger partial charge in [0.25, 0.3) is 5.56 Å². The predicted octanol–water partition coefficient (Wildman–Crippen LogP) is 3.03. The molecule has 0 unspecified atom stereocenters. The van der Waals surface area contributed by atoms with Crippen LogP contribution in [0.4, 0.5) is 0 Å². The summed E-state index contributed by atoms with van der Waals surface area (Å²) in [6.07, 6.45) is 6.01. The Morgan fingerprint density at radius 2 is 1.87 bits per heavy atom. The Bertz CT molecular complexity index is 1290. The molecule has 0 fully saturated rings. The Balaban J connectivity index is 1.90. The van der Waals surface area contributed by atoms with Gasteiger partial charge in [-0.15, -0.1) is 0 Å². The van der Waals surface area contributed by atoms with E-state index in [4.69, 9.17) is 4.98 Å². The van der Waals surface area contributed by atoms with Crippen molar-refractivity contribution in [3.63, 3.8) is 0 Å². The Labute approximate surface area is 180 Å². The Hall–Kier alpha value is -3.39. The van der Waals surface area contributed by atoms with Crippen molar-refractivity contribution in [2.45, 2.75) is 46.1 Å². The van der Waals surface area contributed by atoms with Crippen molar-refractivity contribution in [2.75, 3.05) is 6.61 Å². The van der Waals surface area contributed by atoms with Crippen LogP contribution in [0.5, 0.6) is 0 Å². The van der Waals surface area contributed by atoms with Crippen LogP contribution in [0.2, 0.25) is 0 Å². The zero-order chi connectivity index (χ0) is 22.2. The number of hydrogen-bond acceptors (Lipinski definition) is 6. The van der Waals surface area contributed by atoms with Crippen LogP contribution in [-0.2, 0) is 12.0 Å². The smallest absolute Gasteiger partial charge is 0.297 e. The van der Waals surface area contributed by atoms with Crippen molar-refractivity contribution in [3.05, 3.63) is 64.7 Å². The van der Waals surface area contributed by atoms with Crippen molar-refractivity contribution in [1.29, 1.82) is 0 Å². The second-order valence-electron chi connectivity index (χ2n) is 8.18. The lowest BCUT2D eigenvalue weighted by molar-refractivity contribution is 0.270. The molecule has 160 valence electrons. The molecule has 4 rings (SSSR count). The largest absolute Gasteiger partial charge is 0.394 e. The first-order valence-electron chi connectivity index (χ1n) is 10.4. The second-order valence-corrected chi connectivity index (χ2v) is 8.18. The fraction of sp³-hybridized carbons (Fsp3) is 0.348. The fourth-order valence-corrected chi connectivity index (χ4v) is 3.56. The van der Waals surface area contributed by atoms with Crippen molar-refractivity contribution in [1.82, 2.24) is 29.3 Å². The molecule has 8 heteroatoms. The third-order valence-electron chi connectivity index (χ3n) is 5.77. The lowest BCUT2D eigenvalue weighted by Gasteiger charge is -2.19. The molecule has 3 heterocycles. The monoisotopic (exact) mass is 418 g/mol. The van der Waals surface area contributed by atoms with Gasteiger partial charge in [0.2, 0.25) is 0 Å². The van der Waals surface area contributed by atoms with Crippen LogP contribution < -0.4 is 5.56 Å². The minimum absolute atomic E-state index is 0.122. The number of aryl methyl sites for hydroxylation is 1. The topological polar surface area (TPSA) is 98.7 Å². The standard InChI is InChI=1S/C23H26N6O2/c1-5-23(3,4)21-19-20(29(27-21)12-13-30)22(31)25-14-18(26-19)16-6-8-17(9-7-16)28-11-10-24-15(28)2/h6-11,14,30H,5,12-13H2,1-4H3. The number of imidazole rings is 1. The van der Waals surface area contributed by atoms with Gasteiger partial charge in [-0.2, -0.15) is 5.10 Å². The molecule has 0 radical (unpaired) electrons. The molecule has 4 aromatic rings. The maximum Gasteiger partial charge on any atom is 0.297 e. The highest BCUT2D eigenvalue weighted by atomic mass is 16.3. The summed E-state index contributed by atoms with van der Waals surface area (Å²) in [5.74, 6) is 0.902. The number of aliphatic hydroxyl groups is 1. The first-order valence-corrected chi connectivity index (χ1v) is 10.4. The van der Waals surface area contributed by atoms with E-state index in [1.807, 2.05) is 42.0 Å². The molecule has 0 atom stereocenters. The van der Waals surface area contributed by atoms with E-state index in [2.05, 4.69) is 35.8 Å². The summed E-state index contributed by atoms with van der Waals surface area (Å²) in [7, 11) is 0. The Morgan fingerprint density at radius 1 is 1.13 bits per heavy atom. The third kappa shape index (κ3) is 3.74. The number of hydrogen-bond donors (Lipinski definition) is 1. The SMILES string of the molecule is CCC(C)(C)c1nn(CCO)c2c(=O)ncc(-c3ccc(-n4ccnc4C)cc3)nc12. The minimum Gasteiger partial charge on any atom is -0.394 e. The van der Waals surface area contributed by atoms with E-state index in [0.29, 0.717) is 16.7 Å². The zero-order valence-electron chi connectivity index (χ0n) is 18.2. The average molecular weight is 419 g/mol. The van der Waals surface area contributed by atoms with Gasteiger partial charge in [-0.05, 0) is 25.5 Å². The molecule has 3 aromatic heterocycles. The molecule has 0 amide bonds.